The molecule has 0 amide bonds. The SMILES string of the molecule is CCC(CC)=Nc1ccc2c(-c3ccccc3C(=O)O)c3ccc(=[N+](CC)CC)cc-3oc2c1. The first-order chi connectivity index (χ1) is 16.5. The van der Waals surface area contributed by atoms with Gasteiger partial charge in [0.2, 0.25) is 5.36 Å². The van der Waals surface area contributed by atoms with E-state index >= 15 is 0 Å². The van der Waals surface area contributed by atoms with E-state index < -0.39 is 5.97 Å². The summed E-state index contributed by atoms with van der Waals surface area (Å²) >= 11 is 0. The lowest BCUT2D eigenvalue weighted by Crippen LogP contribution is -2.29. The van der Waals surface area contributed by atoms with Crippen LogP contribution in [0.15, 0.2) is 70.1 Å². The maximum atomic E-state index is 12.1. The molecule has 174 valence electrons. The number of benzene rings is 3. The first-order valence-electron chi connectivity index (χ1n) is 12.0. The lowest BCUT2D eigenvalue weighted by atomic mass is 9.90. The second kappa shape index (κ2) is 10.0. The smallest absolute Gasteiger partial charge is 0.336 e. The van der Waals surface area contributed by atoms with Crippen LogP contribution in [0, 0.1) is 0 Å². The molecule has 2 aliphatic rings. The van der Waals surface area contributed by atoms with Gasteiger partial charge in [-0.15, -0.1) is 0 Å². The number of carboxylic acid groups (broad SMARTS) is 1. The molecule has 0 saturated heterocycles. The number of fused-ring (bicyclic) bond motifs is 2. The third-order valence-electron chi connectivity index (χ3n) is 6.35. The number of hydrogen-bond acceptors (Lipinski definition) is 3. The molecule has 0 saturated carbocycles. The van der Waals surface area contributed by atoms with Crippen LogP contribution in [0.5, 0.6) is 0 Å². The van der Waals surface area contributed by atoms with Gasteiger partial charge in [-0.25, -0.2) is 9.37 Å². The van der Waals surface area contributed by atoms with E-state index in [-0.39, 0.29) is 5.56 Å². The van der Waals surface area contributed by atoms with Gasteiger partial charge in [0.25, 0.3) is 0 Å². The topological polar surface area (TPSA) is 65.8 Å². The Morgan fingerprint density at radius 3 is 2.32 bits per heavy atom. The van der Waals surface area contributed by atoms with Crippen molar-refractivity contribution < 1.29 is 14.3 Å². The van der Waals surface area contributed by atoms with Gasteiger partial charge in [0, 0.05) is 34.4 Å². The maximum absolute atomic E-state index is 12.1. The van der Waals surface area contributed by atoms with Gasteiger partial charge < -0.3 is 9.52 Å². The molecule has 2 aromatic carbocycles. The quantitative estimate of drug-likeness (QED) is 0.194. The number of carboxylic acids is 1. The van der Waals surface area contributed by atoms with Crippen LogP contribution in [0.4, 0.5) is 5.69 Å². The summed E-state index contributed by atoms with van der Waals surface area (Å²) in [6.07, 6.45) is 1.79. The fourth-order valence-electron chi connectivity index (χ4n) is 4.49. The molecule has 0 spiro atoms. The van der Waals surface area contributed by atoms with Crippen LogP contribution in [-0.2, 0) is 0 Å². The van der Waals surface area contributed by atoms with E-state index in [1.165, 1.54) is 0 Å². The standard InChI is InChI=1S/C29H30N2O3/c1-5-19(6-2)30-20-13-15-24-26(17-20)34-27-18-21(31(7-3)8-4)14-16-25(27)28(24)22-11-9-10-12-23(22)29(32)33/h9-18H,5-8H2,1-4H3/p+1. The van der Waals surface area contributed by atoms with Crippen molar-refractivity contribution in [3.63, 3.8) is 0 Å². The molecule has 5 nitrogen and oxygen atoms in total. The Hall–Kier alpha value is -3.73. The minimum Gasteiger partial charge on any atom is -0.478 e. The fraction of sp³-hybridized carbons (Fsp3) is 0.276. The van der Waals surface area contributed by atoms with Gasteiger partial charge >= 0.3 is 5.97 Å². The molecular formula is C29H31N2O3+. The van der Waals surface area contributed by atoms with E-state index in [1.54, 1.807) is 12.1 Å². The summed E-state index contributed by atoms with van der Waals surface area (Å²) in [5.41, 5.74) is 5.35. The number of aromatic carboxylic acids is 1. The molecule has 5 heteroatoms. The number of aliphatic imine (C=N–C) groups is 1. The normalized spacial score (nSPS) is 11.1. The van der Waals surface area contributed by atoms with Gasteiger partial charge in [0.1, 0.15) is 24.4 Å². The molecule has 0 radical (unpaired) electrons. The van der Waals surface area contributed by atoms with E-state index in [2.05, 4.69) is 38.3 Å². The summed E-state index contributed by atoms with van der Waals surface area (Å²) in [5.74, 6) is -0.228. The Morgan fingerprint density at radius 2 is 1.65 bits per heavy atom. The predicted octanol–water partition coefficient (Wildman–Crippen LogP) is 6.61. The van der Waals surface area contributed by atoms with Crippen molar-refractivity contribution in [1.82, 2.24) is 4.58 Å². The van der Waals surface area contributed by atoms with Gasteiger partial charge in [-0.3, -0.25) is 4.99 Å². The van der Waals surface area contributed by atoms with E-state index in [4.69, 9.17) is 9.41 Å². The largest absolute Gasteiger partial charge is 0.478 e. The molecule has 0 atom stereocenters. The van der Waals surface area contributed by atoms with Crippen molar-refractivity contribution in [2.45, 2.75) is 40.5 Å². The molecule has 4 rings (SSSR count). The summed E-state index contributed by atoms with van der Waals surface area (Å²) in [6, 6.07) is 19.2. The third kappa shape index (κ3) is 4.38. The Kier molecular flexibility index (Phi) is 6.92. The Labute approximate surface area is 200 Å². The lowest BCUT2D eigenvalue weighted by molar-refractivity contribution is 0.0697. The zero-order valence-electron chi connectivity index (χ0n) is 20.3. The Morgan fingerprint density at radius 1 is 0.912 bits per heavy atom. The van der Waals surface area contributed by atoms with Crippen LogP contribution in [0.25, 0.3) is 33.4 Å². The number of hydrogen-bond donors (Lipinski definition) is 1. The number of nitrogens with zero attached hydrogens (tertiary/aromatic N) is 2. The van der Waals surface area contributed by atoms with Gasteiger partial charge in [-0.05, 0) is 56.5 Å². The molecular weight excluding hydrogens is 424 g/mol. The first-order valence-corrected chi connectivity index (χ1v) is 12.0. The predicted molar refractivity (Wildman–Crippen MR) is 139 cm³/mol. The molecule has 0 bridgehead atoms. The van der Waals surface area contributed by atoms with Crippen molar-refractivity contribution in [2.75, 3.05) is 13.1 Å². The molecule has 1 N–H and O–H groups in total. The van der Waals surface area contributed by atoms with Gasteiger partial charge in [-0.1, -0.05) is 32.0 Å². The highest BCUT2D eigenvalue weighted by atomic mass is 16.4. The van der Waals surface area contributed by atoms with Crippen LogP contribution < -0.4 is 9.93 Å². The summed E-state index contributed by atoms with van der Waals surface area (Å²) in [7, 11) is 0. The number of carbonyl (C=O) groups is 1. The van der Waals surface area contributed by atoms with Crippen molar-refractivity contribution in [1.29, 1.82) is 0 Å². The van der Waals surface area contributed by atoms with E-state index in [0.29, 0.717) is 11.1 Å². The summed E-state index contributed by atoms with van der Waals surface area (Å²) < 4.78 is 8.70. The van der Waals surface area contributed by atoms with E-state index in [9.17, 15) is 9.90 Å². The molecule has 1 aliphatic heterocycles. The van der Waals surface area contributed by atoms with Gasteiger partial charge in [-0.2, -0.15) is 0 Å². The Bertz CT molecular complexity index is 1420. The average Bonchev–Trinajstić information content (AvgIpc) is 2.86. The molecule has 0 fully saturated rings. The molecule has 0 aromatic heterocycles. The zero-order valence-corrected chi connectivity index (χ0v) is 20.3. The third-order valence-corrected chi connectivity index (χ3v) is 6.35. The highest BCUT2D eigenvalue weighted by Crippen LogP contribution is 2.42. The summed E-state index contributed by atoms with van der Waals surface area (Å²) in [5, 5.41) is 11.8. The lowest BCUT2D eigenvalue weighted by Gasteiger charge is -2.17. The van der Waals surface area contributed by atoms with Crippen LogP contribution in [0.1, 0.15) is 50.9 Å². The highest BCUT2D eigenvalue weighted by Gasteiger charge is 2.22. The van der Waals surface area contributed by atoms with Crippen molar-refractivity contribution in [2.24, 2.45) is 4.99 Å². The van der Waals surface area contributed by atoms with Crippen LogP contribution >= 0.6 is 0 Å². The minimum absolute atomic E-state index is 0.269. The number of rotatable bonds is 7. The van der Waals surface area contributed by atoms with E-state index in [1.807, 2.05) is 42.5 Å². The molecule has 1 heterocycles. The van der Waals surface area contributed by atoms with Crippen molar-refractivity contribution in [3.05, 3.63) is 71.6 Å². The van der Waals surface area contributed by atoms with Crippen molar-refractivity contribution in [3.8, 4) is 22.5 Å². The van der Waals surface area contributed by atoms with Crippen molar-refractivity contribution >= 4 is 28.3 Å². The van der Waals surface area contributed by atoms with Crippen LogP contribution in [-0.4, -0.2) is 29.9 Å². The monoisotopic (exact) mass is 455 g/mol. The second-order valence-electron chi connectivity index (χ2n) is 8.25. The molecule has 0 unspecified atom stereocenters. The van der Waals surface area contributed by atoms with Crippen LogP contribution in [0.3, 0.4) is 0 Å². The first kappa shape index (κ1) is 23.4. The highest BCUT2D eigenvalue weighted by molar-refractivity contribution is 6.07. The molecule has 2 aromatic rings. The van der Waals surface area contributed by atoms with E-state index in [0.717, 1.165) is 65.0 Å². The van der Waals surface area contributed by atoms with Gasteiger partial charge in [0.15, 0.2) is 0 Å². The molecule has 34 heavy (non-hydrogen) atoms. The fourth-order valence-corrected chi connectivity index (χ4v) is 4.49. The Balaban J connectivity index is 2.12. The summed E-state index contributed by atoms with van der Waals surface area (Å²) in [4.78, 5) is 16.9. The maximum Gasteiger partial charge on any atom is 0.336 e. The van der Waals surface area contributed by atoms with Crippen LogP contribution in [0.2, 0.25) is 0 Å². The molecule has 1 aliphatic carbocycles. The minimum atomic E-state index is -0.950. The zero-order chi connectivity index (χ0) is 24.2. The second-order valence-corrected chi connectivity index (χ2v) is 8.25. The average molecular weight is 456 g/mol. The van der Waals surface area contributed by atoms with Gasteiger partial charge in [0.05, 0.1) is 17.3 Å². The summed E-state index contributed by atoms with van der Waals surface area (Å²) in [6.45, 7) is 10.3.